The highest BCUT2D eigenvalue weighted by molar-refractivity contribution is 5.92. The van der Waals surface area contributed by atoms with Crippen molar-refractivity contribution >= 4 is 5.91 Å². The van der Waals surface area contributed by atoms with Crippen molar-refractivity contribution in [1.29, 1.82) is 5.26 Å². The summed E-state index contributed by atoms with van der Waals surface area (Å²) in [7, 11) is 1.57. The van der Waals surface area contributed by atoms with E-state index in [2.05, 4.69) is 0 Å². The van der Waals surface area contributed by atoms with Crippen LogP contribution in [0.15, 0.2) is 16.7 Å². The van der Waals surface area contributed by atoms with Crippen molar-refractivity contribution in [2.75, 3.05) is 26.8 Å². The maximum absolute atomic E-state index is 12.1. The lowest BCUT2D eigenvalue weighted by atomic mass is 10.2. The Kier molecular flexibility index (Phi) is 5.24. The van der Waals surface area contributed by atoms with Gasteiger partial charge in [0, 0.05) is 25.8 Å². The average Bonchev–Trinajstić information content (AvgIpc) is 2.75. The molecule has 1 rings (SSSR count). The van der Waals surface area contributed by atoms with Crippen LogP contribution in [0.4, 0.5) is 0 Å². The molecule has 1 aromatic rings. The molecule has 17 heavy (non-hydrogen) atoms. The average molecular weight is 236 g/mol. The minimum absolute atomic E-state index is 0.195. The Morgan fingerprint density at radius 3 is 2.88 bits per heavy atom. The normalized spacial score (nSPS) is 9.94. The van der Waals surface area contributed by atoms with Crippen LogP contribution in [0.5, 0.6) is 0 Å². The molecule has 0 unspecified atom stereocenters. The van der Waals surface area contributed by atoms with Crippen molar-refractivity contribution in [2.45, 2.75) is 13.3 Å². The molecule has 0 radical (unpaired) electrons. The van der Waals surface area contributed by atoms with Crippen LogP contribution in [0.25, 0.3) is 0 Å². The zero-order valence-corrected chi connectivity index (χ0v) is 10.1. The molecule has 0 spiro atoms. The van der Waals surface area contributed by atoms with E-state index in [4.69, 9.17) is 14.4 Å². The molecular weight excluding hydrogens is 220 g/mol. The van der Waals surface area contributed by atoms with Crippen LogP contribution in [0, 0.1) is 18.3 Å². The molecule has 0 aliphatic carbocycles. The number of furan rings is 1. The number of rotatable bonds is 6. The first-order chi connectivity index (χ1) is 8.20. The van der Waals surface area contributed by atoms with E-state index in [0.29, 0.717) is 31.9 Å². The molecule has 1 aromatic heterocycles. The summed E-state index contributed by atoms with van der Waals surface area (Å²) >= 11 is 0. The number of aryl methyl sites for hydroxylation is 1. The zero-order valence-electron chi connectivity index (χ0n) is 10.1. The highest BCUT2D eigenvalue weighted by Crippen LogP contribution is 2.12. The van der Waals surface area contributed by atoms with Gasteiger partial charge in [0.25, 0.3) is 5.91 Å². The first-order valence-electron chi connectivity index (χ1n) is 5.40. The van der Waals surface area contributed by atoms with E-state index < -0.39 is 0 Å². The fourth-order valence-corrected chi connectivity index (χ4v) is 1.44. The highest BCUT2D eigenvalue weighted by atomic mass is 16.5. The highest BCUT2D eigenvalue weighted by Gasteiger charge is 2.19. The molecule has 0 bridgehead atoms. The number of hydrogen-bond acceptors (Lipinski definition) is 4. The second kappa shape index (κ2) is 6.71. The van der Waals surface area contributed by atoms with Crippen molar-refractivity contribution in [2.24, 2.45) is 0 Å². The Morgan fingerprint density at radius 2 is 2.35 bits per heavy atom. The minimum Gasteiger partial charge on any atom is -0.459 e. The molecule has 0 saturated heterocycles. The molecule has 0 atom stereocenters. The maximum atomic E-state index is 12.1. The van der Waals surface area contributed by atoms with E-state index in [1.54, 1.807) is 18.1 Å². The van der Waals surface area contributed by atoms with Crippen molar-refractivity contribution < 1.29 is 13.9 Å². The van der Waals surface area contributed by atoms with Crippen molar-refractivity contribution in [1.82, 2.24) is 4.90 Å². The number of carbonyl (C=O) groups excluding carboxylic acids is 1. The third-order valence-electron chi connectivity index (χ3n) is 2.40. The molecule has 0 fully saturated rings. The van der Waals surface area contributed by atoms with Gasteiger partial charge in [0.15, 0.2) is 5.76 Å². The Balaban J connectivity index is 2.72. The zero-order chi connectivity index (χ0) is 12.7. The van der Waals surface area contributed by atoms with Gasteiger partial charge in [-0.05, 0) is 13.0 Å². The van der Waals surface area contributed by atoms with E-state index >= 15 is 0 Å². The summed E-state index contributed by atoms with van der Waals surface area (Å²) in [4.78, 5) is 13.7. The lowest BCUT2D eigenvalue weighted by molar-refractivity contribution is 0.0668. The summed E-state index contributed by atoms with van der Waals surface area (Å²) in [6.45, 7) is 3.10. The van der Waals surface area contributed by atoms with Crippen LogP contribution in [-0.4, -0.2) is 37.6 Å². The molecule has 1 heterocycles. The van der Waals surface area contributed by atoms with Gasteiger partial charge in [-0.3, -0.25) is 4.79 Å². The van der Waals surface area contributed by atoms with Crippen LogP contribution >= 0.6 is 0 Å². The third-order valence-corrected chi connectivity index (χ3v) is 2.40. The van der Waals surface area contributed by atoms with Crippen molar-refractivity contribution in [3.05, 3.63) is 23.7 Å². The molecular formula is C12H16N2O3. The first kappa shape index (κ1) is 13.3. The van der Waals surface area contributed by atoms with Crippen LogP contribution < -0.4 is 0 Å². The molecule has 0 aliphatic heterocycles. The van der Waals surface area contributed by atoms with Gasteiger partial charge in [0.05, 0.1) is 25.4 Å². The van der Waals surface area contributed by atoms with Crippen molar-refractivity contribution in [3.8, 4) is 6.07 Å². The minimum atomic E-state index is -0.195. The Morgan fingerprint density at radius 1 is 1.59 bits per heavy atom. The summed E-state index contributed by atoms with van der Waals surface area (Å²) in [5, 5.41) is 8.56. The maximum Gasteiger partial charge on any atom is 0.289 e. The first-order valence-corrected chi connectivity index (χ1v) is 5.40. The monoisotopic (exact) mass is 236 g/mol. The molecule has 92 valence electrons. The molecule has 5 nitrogen and oxygen atoms in total. The van der Waals surface area contributed by atoms with Gasteiger partial charge in [-0.2, -0.15) is 5.26 Å². The predicted molar refractivity (Wildman–Crippen MR) is 61.5 cm³/mol. The molecule has 5 heteroatoms. The van der Waals surface area contributed by atoms with Gasteiger partial charge in [0.1, 0.15) is 0 Å². The van der Waals surface area contributed by atoms with Crippen LogP contribution in [0.2, 0.25) is 0 Å². The van der Waals surface area contributed by atoms with Gasteiger partial charge < -0.3 is 14.1 Å². The second-order valence-corrected chi connectivity index (χ2v) is 3.63. The quantitative estimate of drug-likeness (QED) is 0.752. The van der Waals surface area contributed by atoms with Gasteiger partial charge in [0.2, 0.25) is 0 Å². The fraction of sp³-hybridized carbons (Fsp3) is 0.500. The van der Waals surface area contributed by atoms with E-state index in [9.17, 15) is 4.79 Å². The number of methoxy groups -OCH3 is 1. The number of hydrogen-bond donors (Lipinski definition) is 0. The van der Waals surface area contributed by atoms with E-state index in [1.165, 1.54) is 6.26 Å². The summed E-state index contributed by atoms with van der Waals surface area (Å²) < 4.78 is 10.1. The summed E-state index contributed by atoms with van der Waals surface area (Å²) in [6, 6.07) is 3.77. The van der Waals surface area contributed by atoms with E-state index in [1.807, 2.05) is 13.0 Å². The van der Waals surface area contributed by atoms with Crippen LogP contribution in [0.1, 0.15) is 22.5 Å². The van der Waals surface area contributed by atoms with Crippen LogP contribution in [0.3, 0.4) is 0 Å². The number of nitrogens with zero attached hydrogens (tertiary/aromatic N) is 2. The number of amides is 1. The number of nitriles is 1. The molecule has 1 amide bonds. The number of ether oxygens (including phenoxy) is 1. The van der Waals surface area contributed by atoms with E-state index in [-0.39, 0.29) is 5.91 Å². The topological polar surface area (TPSA) is 66.5 Å². The van der Waals surface area contributed by atoms with Crippen molar-refractivity contribution in [3.63, 3.8) is 0 Å². The smallest absolute Gasteiger partial charge is 0.289 e. The Labute approximate surface area is 101 Å². The summed E-state index contributed by atoms with van der Waals surface area (Å²) in [5.41, 5.74) is 0.800. The van der Waals surface area contributed by atoms with Gasteiger partial charge in [-0.15, -0.1) is 0 Å². The summed E-state index contributed by atoms with van der Waals surface area (Å²) in [5.74, 6) is 0.138. The lowest BCUT2D eigenvalue weighted by Crippen LogP contribution is -2.34. The second-order valence-electron chi connectivity index (χ2n) is 3.63. The van der Waals surface area contributed by atoms with Gasteiger partial charge in [-0.25, -0.2) is 0 Å². The lowest BCUT2D eigenvalue weighted by Gasteiger charge is -2.20. The molecule has 0 aromatic carbocycles. The molecule has 0 aliphatic rings. The fourth-order valence-electron chi connectivity index (χ4n) is 1.44. The summed E-state index contributed by atoms with van der Waals surface area (Å²) in [6.07, 6.45) is 1.79. The van der Waals surface area contributed by atoms with Crippen LogP contribution in [-0.2, 0) is 4.74 Å². The third kappa shape index (κ3) is 3.61. The molecule has 0 N–H and O–H groups in total. The largest absolute Gasteiger partial charge is 0.459 e. The SMILES string of the molecule is COCCN(CCC#N)C(=O)c1occc1C. The Bertz CT molecular complexity index is 406. The number of carbonyl (C=O) groups is 1. The van der Waals surface area contributed by atoms with E-state index in [0.717, 1.165) is 5.56 Å². The van der Waals surface area contributed by atoms with Gasteiger partial charge in [-0.1, -0.05) is 0 Å². The molecule has 0 saturated carbocycles. The van der Waals surface area contributed by atoms with Gasteiger partial charge >= 0.3 is 0 Å². The standard InChI is InChI=1S/C12H16N2O3/c1-10-4-8-17-11(10)12(15)14(6-3-5-13)7-9-16-2/h4,8H,3,6-7,9H2,1-2H3. The predicted octanol–water partition coefficient (Wildman–Crippen LogP) is 1.59. The Hall–Kier alpha value is -1.80.